The molecule has 1 aliphatic heterocycles. The third-order valence-corrected chi connectivity index (χ3v) is 8.40. The van der Waals surface area contributed by atoms with Gasteiger partial charge in [0, 0.05) is 22.1 Å². The van der Waals surface area contributed by atoms with Crippen molar-refractivity contribution >= 4 is 53.9 Å². The lowest BCUT2D eigenvalue weighted by Gasteiger charge is -2.25. The minimum absolute atomic E-state index is 0.925. The Morgan fingerprint density at radius 2 is 0.974 bits per heavy atom. The normalized spacial score (nSPS) is 12.3. The maximum absolute atomic E-state index is 6.93. The lowest BCUT2D eigenvalue weighted by Crippen LogP contribution is -2.00. The highest BCUT2D eigenvalue weighted by atomic mass is 16.5. The van der Waals surface area contributed by atoms with Crippen molar-refractivity contribution in [1.82, 2.24) is 0 Å². The van der Waals surface area contributed by atoms with Gasteiger partial charge in [-0.25, -0.2) is 0 Å². The van der Waals surface area contributed by atoms with Crippen LogP contribution in [-0.2, 0) is 0 Å². The molecule has 8 aromatic rings. The molecule has 0 saturated heterocycles. The largest absolute Gasteiger partial charge is 0.455 e. The maximum atomic E-state index is 6.93. The first kappa shape index (κ1) is 20.9. The van der Waals surface area contributed by atoms with E-state index in [0.717, 1.165) is 22.6 Å². The van der Waals surface area contributed by atoms with E-state index in [4.69, 9.17) is 4.74 Å². The fourth-order valence-electron chi connectivity index (χ4n) is 6.71. The Morgan fingerprint density at radius 3 is 1.82 bits per heavy atom. The molecule has 0 unspecified atom stereocenters. The standard InChI is InChI=1S/C38H22O/c1-4-12-26-23(9-1)19-20-31-34(26)21-24-10-3-6-14-28(24)36(31)33-18-8-17-32-30-16-7-15-29-27-13-5-2-11-25(27)22-35(37(29)30)39-38(32)33/h1-22H. The molecule has 0 aromatic heterocycles. The van der Waals surface area contributed by atoms with Crippen LogP contribution < -0.4 is 4.74 Å². The van der Waals surface area contributed by atoms with Crippen molar-refractivity contribution in [3.63, 3.8) is 0 Å². The Labute approximate surface area is 225 Å². The summed E-state index contributed by atoms with van der Waals surface area (Å²) in [5.41, 5.74) is 4.72. The second-order valence-electron chi connectivity index (χ2n) is 10.5. The first-order chi connectivity index (χ1) is 19.3. The van der Waals surface area contributed by atoms with Crippen LogP contribution in [0.25, 0.3) is 76.1 Å². The first-order valence-corrected chi connectivity index (χ1v) is 13.4. The molecule has 0 spiro atoms. The van der Waals surface area contributed by atoms with E-state index in [-0.39, 0.29) is 0 Å². The molecule has 1 aliphatic rings. The fraction of sp³-hybridized carbons (Fsp3) is 0. The first-order valence-electron chi connectivity index (χ1n) is 13.4. The second-order valence-corrected chi connectivity index (χ2v) is 10.5. The summed E-state index contributed by atoms with van der Waals surface area (Å²) in [4.78, 5) is 0. The molecule has 180 valence electrons. The maximum Gasteiger partial charge on any atom is 0.143 e. The third-order valence-electron chi connectivity index (χ3n) is 8.40. The van der Waals surface area contributed by atoms with Crippen molar-refractivity contribution < 1.29 is 4.74 Å². The Kier molecular flexibility index (Phi) is 4.11. The minimum atomic E-state index is 0.925. The molecule has 0 aliphatic carbocycles. The quantitative estimate of drug-likeness (QED) is 0.163. The van der Waals surface area contributed by atoms with E-state index >= 15 is 0 Å². The molecule has 1 nitrogen and oxygen atoms in total. The van der Waals surface area contributed by atoms with Gasteiger partial charge in [-0.05, 0) is 66.2 Å². The summed E-state index contributed by atoms with van der Waals surface area (Å²) in [6.45, 7) is 0. The predicted octanol–water partition coefficient (Wildman–Crippen LogP) is 10.9. The Balaban J connectivity index is 1.42. The average molecular weight is 495 g/mol. The van der Waals surface area contributed by atoms with Gasteiger partial charge in [-0.1, -0.05) is 121 Å². The Morgan fingerprint density at radius 1 is 0.359 bits per heavy atom. The molecular weight excluding hydrogens is 472 g/mol. The lowest BCUT2D eigenvalue weighted by molar-refractivity contribution is 0.489. The zero-order valence-corrected chi connectivity index (χ0v) is 21.1. The van der Waals surface area contributed by atoms with E-state index in [1.807, 2.05) is 0 Å². The Bertz CT molecular complexity index is 2310. The number of fused-ring (bicyclic) bond motifs is 8. The van der Waals surface area contributed by atoms with E-state index in [0.29, 0.717) is 0 Å². The van der Waals surface area contributed by atoms with Gasteiger partial charge in [0.15, 0.2) is 0 Å². The van der Waals surface area contributed by atoms with Crippen molar-refractivity contribution in [2.45, 2.75) is 0 Å². The van der Waals surface area contributed by atoms with Crippen LogP contribution in [0, 0.1) is 0 Å². The molecular formula is C38H22O. The van der Waals surface area contributed by atoms with Gasteiger partial charge in [0.25, 0.3) is 0 Å². The molecule has 1 heteroatoms. The van der Waals surface area contributed by atoms with E-state index in [2.05, 4.69) is 133 Å². The van der Waals surface area contributed by atoms with Crippen molar-refractivity contribution in [3.8, 4) is 33.8 Å². The van der Waals surface area contributed by atoms with Crippen LogP contribution in [0.15, 0.2) is 133 Å². The van der Waals surface area contributed by atoms with Gasteiger partial charge < -0.3 is 4.74 Å². The van der Waals surface area contributed by atoms with Crippen molar-refractivity contribution in [1.29, 1.82) is 0 Å². The highest BCUT2D eigenvalue weighted by Crippen LogP contribution is 2.53. The van der Waals surface area contributed by atoms with E-state index in [1.165, 1.54) is 65.0 Å². The van der Waals surface area contributed by atoms with Gasteiger partial charge in [0.2, 0.25) is 0 Å². The summed E-state index contributed by atoms with van der Waals surface area (Å²) in [5, 5.41) is 12.4. The van der Waals surface area contributed by atoms with Crippen molar-refractivity contribution in [2.24, 2.45) is 0 Å². The molecule has 0 radical (unpaired) electrons. The molecule has 9 rings (SSSR count). The number of ether oxygens (including phenoxy) is 1. The molecule has 0 saturated carbocycles. The summed E-state index contributed by atoms with van der Waals surface area (Å²) >= 11 is 0. The number of para-hydroxylation sites is 1. The topological polar surface area (TPSA) is 9.23 Å². The van der Waals surface area contributed by atoms with E-state index < -0.39 is 0 Å². The minimum Gasteiger partial charge on any atom is -0.455 e. The molecule has 8 aromatic carbocycles. The summed E-state index contributed by atoms with van der Waals surface area (Å²) < 4.78 is 6.93. The molecule has 1 heterocycles. The number of benzene rings is 8. The van der Waals surface area contributed by atoms with Gasteiger partial charge >= 0.3 is 0 Å². The molecule has 0 atom stereocenters. The van der Waals surface area contributed by atoms with Gasteiger partial charge in [-0.3, -0.25) is 0 Å². The molecule has 39 heavy (non-hydrogen) atoms. The highest BCUT2D eigenvalue weighted by molar-refractivity contribution is 6.22. The molecule has 0 amide bonds. The molecule has 0 N–H and O–H groups in total. The number of rotatable bonds is 1. The SMILES string of the molecule is c1cc(-c2c3ccccc3cc3c2ccc2ccccc23)c2c(c1)-c1cccc3c1c(cc1ccccc13)O2. The highest BCUT2D eigenvalue weighted by Gasteiger charge is 2.25. The van der Waals surface area contributed by atoms with Crippen LogP contribution >= 0.6 is 0 Å². The summed E-state index contributed by atoms with van der Waals surface area (Å²) in [6.07, 6.45) is 0. The van der Waals surface area contributed by atoms with E-state index in [1.54, 1.807) is 0 Å². The number of hydrogen-bond acceptors (Lipinski definition) is 1. The van der Waals surface area contributed by atoms with Crippen LogP contribution in [0.4, 0.5) is 0 Å². The fourth-order valence-corrected chi connectivity index (χ4v) is 6.71. The summed E-state index contributed by atoms with van der Waals surface area (Å²) in [7, 11) is 0. The summed E-state index contributed by atoms with van der Waals surface area (Å²) in [6, 6.07) is 48.3. The third kappa shape index (κ3) is 2.85. The second kappa shape index (κ2) is 7.69. The lowest BCUT2D eigenvalue weighted by atomic mass is 9.86. The smallest absolute Gasteiger partial charge is 0.143 e. The zero-order chi connectivity index (χ0) is 25.5. The van der Waals surface area contributed by atoms with Crippen LogP contribution in [0.1, 0.15) is 0 Å². The average Bonchev–Trinajstić information content (AvgIpc) is 3.00. The summed E-state index contributed by atoms with van der Waals surface area (Å²) in [5.74, 6) is 1.85. The van der Waals surface area contributed by atoms with Gasteiger partial charge in [-0.2, -0.15) is 0 Å². The predicted molar refractivity (Wildman–Crippen MR) is 165 cm³/mol. The number of hydrogen-bond donors (Lipinski definition) is 0. The molecule has 0 bridgehead atoms. The van der Waals surface area contributed by atoms with Gasteiger partial charge in [0.1, 0.15) is 11.5 Å². The van der Waals surface area contributed by atoms with Crippen LogP contribution in [0.3, 0.4) is 0 Å². The van der Waals surface area contributed by atoms with Gasteiger partial charge in [-0.15, -0.1) is 0 Å². The molecule has 0 fully saturated rings. The zero-order valence-electron chi connectivity index (χ0n) is 21.1. The monoisotopic (exact) mass is 494 g/mol. The van der Waals surface area contributed by atoms with Gasteiger partial charge in [0.05, 0.1) is 0 Å². The van der Waals surface area contributed by atoms with E-state index in [9.17, 15) is 0 Å². The van der Waals surface area contributed by atoms with Crippen LogP contribution in [0.5, 0.6) is 11.5 Å². The van der Waals surface area contributed by atoms with Crippen molar-refractivity contribution in [3.05, 3.63) is 133 Å². The van der Waals surface area contributed by atoms with Crippen LogP contribution in [0.2, 0.25) is 0 Å². The van der Waals surface area contributed by atoms with Crippen molar-refractivity contribution in [2.75, 3.05) is 0 Å². The van der Waals surface area contributed by atoms with Crippen LogP contribution in [-0.4, -0.2) is 0 Å². The Hall–Kier alpha value is -5.14.